The average molecular weight is 323 g/mol. The summed E-state index contributed by atoms with van der Waals surface area (Å²) < 4.78 is 0. The van der Waals surface area contributed by atoms with E-state index in [1.165, 1.54) is 0 Å². The highest BCUT2D eigenvalue weighted by Crippen LogP contribution is 2.32. The molecule has 0 radical (unpaired) electrons. The second-order valence-electron chi connectivity index (χ2n) is 6.02. The molecule has 2 aromatic rings. The van der Waals surface area contributed by atoms with Gasteiger partial charge in [-0.05, 0) is 48.7 Å². The highest BCUT2D eigenvalue weighted by Gasteiger charge is 2.16. The Hall–Kier alpha value is -2.69. The molecule has 0 spiro atoms. The van der Waals surface area contributed by atoms with Gasteiger partial charge in [0.05, 0.1) is 11.4 Å². The van der Waals surface area contributed by atoms with E-state index < -0.39 is 0 Å². The fraction of sp³-hybridized carbons (Fsp3) is 0.316. The smallest absolute Gasteiger partial charge is 0.224 e. The van der Waals surface area contributed by atoms with Crippen molar-refractivity contribution in [2.75, 3.05) is 17.7 Å². The Bertz CT molecular complexity index is 758. The van der Waals surface area contributed by atoms with Crippen LogP contribution in [0.5, 0.6) is 0 Å². The van der Waals surface area contributed by atoms with Gasteiger partial charge in [0.25, 0.3) is 0 Å². The number of nitrogens with one attached hydrogen (secondary N) is 2. The number of carbonyl (C=O) groups excluding carboxylic acids is 2. The molecule has 124 valence electrons. The maximum Gasteiger partial charge on any atom is 0.224 e. The lowest BCUT2D eigenvalue weighted by molar-refractivity contribution is -0.116. The lowest BCUT2D eigenvalue weighted by atomic mass is 9.93. The number of anilines is 2. The number of amides is 1. The van der Waals surface area contributed by atoms with Gasteiger partial charge in [-0.3, -0.25) is 9.78 Å². The van der Waals surface area contributed by atoms with Gasteiger partial charge >= 0.3 is 0 Å². The highest BCUT2D eigenvalue weighted by atomic mass is 16.1. The van der Waals surface area contributed by atoms with Crippen LogP contribution in [0.1, 0.15) is 37.2 Å². The summed E-state index contributed by atoms with van der Waals surface area (Å²) >= 11 is 0. The third-order valence-electron chi connectivity index (χ3n) is 4.40. The maximum atomic E-state index is 12.2. The Balaban J connectivity index is 2.12. The van der Waals surface area contributed by atoms with Crippen molar-refractivity contribution in [3.63, 3.8) is 0 Å². The molecule has 0 saturated carbocycles. The molecule has 1 aliphatic rings. The van der Waals surface area contributed by atoms with E-state index in [1.54, 1.807) is 6.20 Å². The molecule has 3 rings (SSSR count). The molecule has 2 N–H and O–H groups in total. The minimum Gasteiger partial charge on any atom is -0.388 e. The number of fused-ring (bicyclic) bond motifs is 4. The Morgan fingerprint density at radius 2 is 2.12 bits per heavy atom. The number of aldehydes is 1. The van der Waals surface area contributed by atoms with Gasteiger partial charge in [-0.15, -0.1) is 0 Å². The largest absolute Gasteiger partial charge is 0.388 e. The number of benzene rings is 1. The van der Waals surface area contributed by atoms with E-state index in [2.05, 4.69) is 15.6 Å². The summed E-state index contributed by atoms with van der Waals surface area (Å²) in [7, 11) is 1.84. The Kier molecular flexibility index (Phi) is 4.89. The first-order valence-corrected chi connectivity index (χ1v) is 8.24. The predicted octanol–water partition coefficient (Wildman–Crippen LogP) is 3.59. The number of aromatic nitrogens is 1. The molecule has 0 aliphatic carbocycles. The molecule has 1 aromatic heterocycles. The second kappa shape index (κ2) is 7.25. The Labute approximate surface area is 141 Å². The first kappa shape index (κ1) is 16.2. The van der Waals surface area contributed by atoms with Crippen LogP contribution in [0.15, 0.2) is 36.5 Å². The molecular formula is C19H21N3O2. The Morgan fingerprint density at radius 3 is 2.92 bits per heavy atom. The van der Waals surface area contributed by atoms with Gasteiger partial charge in [-0.25, -0.2) is 0 Å². The summed E-state index contributed by atoms with van der Waals surface area (Å²) in [5, 5.41) is 6.08. The van der Waals surface area contributed by atoms with Gasteiger partial charge in [-0.2, -0.15) is 0 Å². The standard InChI is InChI=1S/C19H21N3O2/c1-20-15-6-7-16-17-10-13(8-9-21-17)14(12-23)4-2-3-5-19(24)22-18(16)11-15/h6-12,14,20H,2-5H2,1H3,(H,22,24). The molecule has 5 heteroatoms. The highest BCUT2D eigenvalue weighted by molar-refractivity contribution is 5.96. The van der Waals surface area contributed by atoms with Gasteiger partial charge in [-0.1, -0.05) is 6.42 Å². The van der Waals surface area contributed by atoms with Gasteiger partial charge in [0, 0.05) is 36.8 Å². The van der Waals surface area contributed by atoms with Crippen molar-refractivity contribution in [2.45, 2.75) is 31.6 Å². The summed E-state index contributed by atoms with van der Waals surface area (Å²) in [5.41, 5.74) is 4.25. The molecule has 24 heavy (non-hydrogen) atoms. The molecule has 2 bridgehead atoms. The number of pyridine rings is 1. The molecule has 0 fully saturated rings. The normalized spacial score (nSPS) is 17.7. The number of hydrogen-bond acceptors (Lipinski definition) is 4. The van der Waals surface area contributed by atoms with Crippen LogP contribution >= 0.6 is 0 Å². The van der Waals surface area contributed by atoms with E-state index in [4.69, 9.17) is 0 Å². The molecule has 1 aromatic carbocycles. The molecule has 1 aliphatic heterocycles. The zero-order valence-electron chi connectivity index (χ0n) is 13.7. The third kappa shape index (κ3) is 3.45. The molecule has 1 unspecified atom stereocenters. The van der Waals surface area contributed by atoms with Crippen molar-refractivity contribution in [3.8, 4) is 11.3 Å². The van der Waals surface area contributed by atoms with Crippen LogP contribution in [-0.4, -0.2) is 24.2 Å². The monoisotopic (exact) mass is 323 g/mol. The minimum absolute atomic E-state index is 0.0103. The minimum atomic E-state index is -0.144. The quantitative estimate of drug-likeness (QED) is 0.829. The lowest BCUT2D eigenvalue weighted by Gasteiger charge is -2.17. The topological polar surface area (TPSA) is 71.1 Å². The first-order valence-electron chi connectivity index (χ1n) is 8.24. The molecule has 0 saturated heterocycles. The molecule has 5 nitrogen and oxygen atoms in total. The van der Waals surface area contributed by atoms with Crippen molar-refractivity contribution in [2.24, 2.45) is 0 Å². The number of rotatable bonds is 2. The van der Waals surface area contributed by atoms with Gasteiger partial charge in [0.15, 0.2) is 0 Å². The van der Waals surface area contributed by atoms with Crippen molar-refractivity contribution in [3.05, 3.63) is 42.1 Å². The van der Waals surface area contributed by atoms with Crippen molar-refractivity contribution in [1.82, 2.24) is 4.98 Å². The van der Waals surface area contributed by atoms with Crippen molar-refractivity contribution >= 4 is 23.6 Å². The van der Waals surface area contributed by atoms with Crippen LogP contribution in [0.3, 0.4) is 0 Å². The molecular weight excluding hydrogens is 302 g/mol. The fourth-order valence-corrected chi connectivity index (χ4v) is 3.03. The number of hydrogen-bond donors (Lipinski definition) is 2. The number of nitrogens with zero attached hydrogens (tertiary/aromatic N) is 1. The van der Waals surface area contributed by atoms with E-state index in [-0.39, 0.29) is 11.8 Å². The van der Waals surface area contributed by atoms with Crippen LogP contribution in [0.4, 0.5) is 11.4 Å². The van der Waals surface area contributed by atoms with Crippen LogP contribution in [0.2, 0.25) is 0 Å². The van der Waals surface area contributed by atoms with Crippen molar-refractivity contribution in [1.29, 1.82) is 0 Å². The zero-order valence-corrected chi connectivity index (χ0v) is 13.7. The second-order valence-corrected chi connectivity index (χ2v) is 6.02. The van der Waals surface area contributed by atoms with E-state index in [9.17, 15) is 9.59 Å². The van der Waals surface area contributed by atoms with Gasteiger partial charge < -0.3 is 15.4 Å². The maximum absolute atomic E-state index is 12.2. The summed E-state index contributed by atoms with van der Waals surface area (Å²) in [4.78, 5) is 28.1. The fourth-order valence-electron chi connectivity index (χ4n) is 3.03. The van der Waals surface area contributed by atoms with Gasteiger partial charge in [0.1, 0.15) is 6.29 Å². The van der Waals surface area contributed by atoms with Crippen molar-refractivity contribution < 1.29 is 9.59 Å². The Morgan fingerprint density at radius 1 is 1.25 bits per heavy atom. The summed E-state index contributed by atoms with van der Waals surface area (Å²) in [6.07, 6.45) is 5.55. The first-order chi connectivity index (χ1) is 11.7. The molecule has 1 amide bonds. The van der Waals surface area contributed by atoms with Crippen LogP contribution in [-0.2, 0) is 9.59 Å². The van der Waals surface area contributed by atoms with Crippen LogP contribution < -0.4 is 10.6 Å². The summed E-state index contributed by atoms with van der Waals surface area (Å²) in [6.45, 7) is 0. The zero-order chi connectivity index (χ0) is 16.9. The van der Waals surface area contributed by atoms with E-state index in [0.717, 1.165) is 53.7 Å². The van der Waals surface area contributed by atoms with Crippen LogP contribution in [0.25, 0.3) is 11.3 Å². The SMILES string of the molecule is CNc1ccc2c(c1)NC(=O)CCCCC(C=O)c1ccnc-2c1. The molecule has 2 heterocycles. The third-order valence-corrected chi connectivity index (χ3v) is 4.40. The van der Waals surface area contributed by atoms with Crippen LogP contribution in [0, 0.1) is 0 Å². The number of carbonyl (C=O) groups is 2. The predicted molar refractivity (Wildman–Crippen MR) is 95.1 cm³/mol. The van der Waals surface area contributed by atoms with Gasteiger partial charge in [0.2, 0.25) is 5.91 Å². The summed E-state index contributed by atoms with van der Waals surface area (Å²) in [6, 6.07) is 9.64. The average Bonchev–Trinajstić information content (AvgIpc) is 2.61. The van der Waals surface area contributed by atoms with E-state index >= 15 is 0 Å². The summed E-state index contributed by atoms with van der Waals surface area (Å²) in [5.74, 6) is -0.154. The van der Waals surface area contributed by atoms with E-state index in [0.29, 0.717) is 6.42 Å². The lowest BCUT2D eigenvalue weighted by Crippen LogP contribution is -2.13. The van der Waals surface area contributed by atoms with E-state index in [1.807, 2.05) is 37.4 Å². The molecule has 1 atom stereocenters.